The average molecular weight is 370 g/mol. The SMILES string of the molecule is COC(=O)C(NC(=O)OC(C)(C)C)=C1CCN(C(=O)OC(C)(C)C)CC1. The minimum absolute atomic E-state index is 0.0746. The highest BCUT2D eigenvalue weighted by Crippen LogP contribution is 2.22. The molecule has 1 aliphatic heterocycles. The molecule has 1 rings (SSSR count). The van der Waals surface area contributed by atoms with Gasteiger partial charge >= 0.3 is 18.2 Å². The molecule has 0 unspecified atom stereocenters. The summed E-state index contributed by atoms with van der Waals surface area (Å²) in [7, 11) is 1.25. The molecule has 1 aliphatic rings. The number of carbonyl (C=O) groups is 3. The molecule has 0 aliphatic carbocycles. The van der Waals surface area contributed by atoms with Crippen LogP contribution in [-0.4, -0.2) is 54.5 Å². The second-order valence-electron chi connectivity index (χ2n) is 8.06. The number of hydrogen-bond acceptors (Lipinski definition) is 6. The molecule has 1 heterocycles. The van der Waals surface area contributed by atoms with Gasteiger partial charge in [-0.3, -0.25) is 5.32 Å². The van der Waals surface area contributed by atoms with Crippen LogP contribution in [0.2, 0.25) is 0 Å². The summed E-state index contributed by atoms with van der Waals surface area (Å²) in [5.74, 6) is -0.642. The van der Waals surface area contributed by atoms with Gasteiger partial charge in [0.05, 0.1) is 7.11 Å². The van der Waals surface area contributed by atoms with E-state index >= 15 is 0 Å². The van der Waals surface area contributed by atoms with Crippen LogP contribution < -0.4 is 5.32 Å². The highest BCUT2D eigenvalue weighted by atomic mass is 16.6. The lowest BCUT2D eigenvalue weighted by atomic mass is 10.0. The van der Waals surface area contributed by atoms with Crippen LogP contribution in [0.4, 0.5) is 9.59 Å². The Morgan fingerprint density at radius 3 is 1.85 bits per heavy atom. The zero-order chi connectivity index (χ0) is 20.1. The lowest BCUT2D eigenvalue weighted by Gasteiger charge is -2.31. The number of alkyl carbamates (subject to hydrolysis) is 1. The zero-order valence-electron chi connectivity index (χ0n) is 16.7. The third-order valence-corrected chi connectivity index (χ3v) is 3.39. The van der Waals surface area contributed by atoms with Crippen molar-refractivity contribution in [3.8, 4) is 0 Å². The van der Waals surface area contributed by atoms with E-state index in [1.54, 1.807) is 46.4 Å². The van der Waals surface area contributed by atoms with Crippen molar-refractivity contribution < 1.29 is 28.6 Å². The number of hydrogen-bond donors (Lipinski definition) is 1. The molecule has 1 saturated heterocycles. The summed E-state index contributed by atoms with van der Waals surface area (Å²) in [6, 6.07) is 0. The van der Waals surface area contributed by atoms with Gasteiger partial charge in [-0.1, -0.05) is 0 Å². The van der Waals surface area contributed by atoms with E-state index in [-0.39, 0.29) is 5.70 Å². The van der Waals surface area contributed by atoms with Crippen LogP contribution in [0.3, 0.4) is 0 Å². The van der Waals surface area contributed by atoms with Gasteiger partial charge in [-0.05, 0) is 60.0 Å². The van der Waals surface area contributed by atoms with E-state index in [1.165, 1.54) is 7.11 Å². The summed E-state index contributed by atoms with van der Waals surface area (Å²) < 4.78 is 15.3. The van der Waals surface area contributed by atoms with Gasteiger partial charge in [0.15, 0.2) is 0 Å². The molecular formula is C18H30N2O6. The Morgan fingerprint density at radius 1 is 0.923 bits per heavy atom. The second-order valence-corrected chi connectivity index (χ2v) is 8.06. The number of nitrogens with zero attached hydrogens (tertiary/aromatic N) is 1. The Hall–Kier alpha value is -2.25. The van der Waals surface area contributed by atoms with Crippen LogP contribution in [-0.2, 0) is 19.0 Å². The Labute approximate surface area is 154 Å². The molecule has 0 aromatic carbocycles. The standard InChI is InChI=1S/C18H30N2O6/c1-17(2,3)25-15(22)19-13(14(21)24-7)12-8-10-20(11-9-12)16(23)26-18(4,5)6/h8-11H2,1-7H3,(H,19,22). The maximum absolute atomic E-state index is 12.1. The Balaban J connectivity index is 2.82. The van der Waals surface area contributed by atoms with Crippen molar-refractivity contribution in [2.24, 2.45) is 0 Å². The number of amides is 2. The fourth-order valence-electron chi connectivity index (χ4n) is 2.33. The average Bonchev–Trinajstić information content (AvgIpc) is 2.48. The summed E-state index contributed by atoms with van der Waals surface area (Å²) in [4.78, 5) is 37.8. The van der Waals surface area contributed by atoms with Gasteiger partial charge in [0.25, 0.3) is 0 Å². The van der Waals surface area contributed by atoms with Crippen molar-refractivity contribution >= 4 is 18.2 Å². The molecule has 2 amide bonds. The largest absolute Gasteiger partial charge is 0.464 e. The molecule has 0 spiro atoms. The Morgan fingerprint density at radius 2 is 1.42 bits per heavy atom. The Kier molecular flexibility index (Phi) is 7.06. The van der Waals surface area contributed by atoms with E-state index in [2.05, 4.69) is 5.32 Å². The molecular weight excluding hydrogens is 340 g/mol. The number of methoxy groups -OCH3 is 1. The van der Waals surface area contributed by atoms with Crippen molar-refractivity contribution in [3.63, 3.8) is 0 Å². The van der Waals surface area contributed by atoms with Gasteiger partial charge in [-0.2, -0.15) is 0 Å². The first-order valence-corrected chi connectivity index (χ1v) is 8.60. The number of ether oxygens (including phenoxy) is 3. The maximum atomic E-state index is 12.1. The van der Waals surface area contributed by atoms with Crippen molar-refractivity contribution in [1.29, 1.82) is 0 Å². The van der Waals surface area contributed by atoms with Crippen molar-refractivity contribution in [3.05, 3.63) is 11.3 Å². The normalized spacial score (nSPS) is 15.2. The predicted octanol–water partition coefficient (Wildman–Crippen LogP) is 2.97. The monoisotopic (exact) mass is 370 g/mol. The number of esters is 1. The molecule has 0 bridgehead atoms. The first kappa shape index (κ1) is 21.8. The molecule has 0 radical (unpaired) electrons. The summed E-state index contributed by atoms with van der Waals surface area (Å²) in [5.41, 5.74) is -0.466. The molecule has 1 fully saturated rings. The highest BCUT2D eigenvalue weighted by molar-refractivity contribution is 5.93. The van der Waals surface area contributed by atoms with Crippen LogP contribution in [0.1, 0.15) is 54.4 Å². The van der Waals surface area contributed by atoms with E-state index in [0.717, 1.165) is 0 Å². The number of piperidine rings is 1. The fraction of sp³-hybridized carbons (Fsp3) is 0.722. The molecule has 0 atom stereocenters. The number of rotatable bonds is 2. The molecule has 0 aromatic rings. The Bertz CT molecular complexity index is 573. The quantitative estimate of drug-likeness (QED) is 0.456. The smallest absolute Gasteiger partial charge is 0.412 e. The van der Waals surface area contributed by atoms with E-state index in [9.17, 15) is 14.4 Å². The number of nitrogens with one attached hydrogen (secondary N) is 1. The van der Waals surface area contributed by atoms with Gasteiger partial charge in [0, 0.05) is 13.1 Å². The minimum Gasteiger partial charge on any atom is -0.464 e. The van der Waals surface area contributed by atoms with E-state index in [0.29, 0.717) is 31.5 Å². The summed E-state index contributed by atoms with van der Waals surface area (Å²) >= 11 is 0. The molecule has 8 heteroatoms. The second kappa shape index (κ2) is 8.42. The van der Waals surface area contributed by atoms with Crippen molar-refractivity contribution in [2.75, 3.05) is 20.2 Å². The summed E-state index contributed by atoms with van der Waals surface area (Å²) in [5, 5.41) is 2.49. The number of carbonyl (C=O) groups excluding carboxylic acids is 3. The predicted molar refractivity (Wildman–Crippen MR) is 95.5 cm³/mol. The zero-order valence-corrected chi connectivity index (χ0v) is 16.7. The van der Waals surface area contributed by atoms with Gasteiger partial charge in [-0.15, -0.1) is 0 Å². The van der Waals surface area contributed by atoms with E-state index in [4.69, 9.17) is 14.2 Å². The number of likely N-dealkylation sites (tertiary alicyclic amines) is 1. The molecule has 0 aromatic heterocycles. The first-order chi connectivity index (χ1) is 11.8. The van der Waals surface area contributed by atoms with Crippen LogP contribution in [0, 0.1) is 0 Å². The third-order valence-electron chi connectivity index (χ3n) is 3.39. The van der Waals surface area contributed by atoms with Gasteiger partial charge in [0.1, 0.15) is 16.9 Å². The molecule has 0 saturated carbocycles. The summed E-state index contributed by atoms with van der Waals surface area (Å²) in [6.07, 6.45) is -0.255. The van der Waals surface area contributed by atoms with E-state index in [1.807, 2.05) is 0 Å². The van der Waals surface area contributed by atoms with Gasteiger partial charge in [-0.25, -0.2) is 14.4 Å². The summed E-state index contributed by atoms with van der Waals surface area (Å²) in [6.45, 7) is 11.4. The maximum Gasteiger partial charge on any atom is 0.412 e. The molecule has 8 nitrogen and oxygen atoms in total. The van der Waals surface area contributed by atoms with Crippen LogP contribution in [0.5, 0.6) is 0 Å². The topological polar surface area (TPSA) is 94.2 Å². The van der Waals surface area contributed by atoms with Crippen molar-refractivity contribution in [2.45, 2.75) is 65.6 Å². The van der Waals surface area contributed by atoms with Gasteiger partial charge in [0.2, 0.25) is 0 Å². The lowest BCUT2D eigenvalue weighted by molar-refractivity contribution is -0.136. The first-order valence-electron chi connectivity index (χ1n) is 8.60. The van der Waals surface area contributed by atoms with Crippen LogP contribution in [0.15, 0.2) is 11.3 Å². The fourth-order valence-corrected chi connectivity index (χ4v) is 2.33. The van der Waals surface area contributed by atoms with Crippen LogP contribution in [0.25, 0.3) is 0 Å². The van der Waals surface area contributed by atoms with Crippen molar-refractivity contribution in [1.82, 2.24) is 10.2 Å². The molecule has 1 N–H and O–H groups in total. The highest BCUT2D eigenvalue weighted by Gasteiger charge is 2.28. The van der Waals surface area contributed by atoms with E-state index < -0.39 is 29.4 Å². The van der Waals surface area contributed by atoms with Crippen LogP contribution >= 0.6 is 0 Å². The van der Waals surface area contributed by atoms with Gasteiger partial charge < -0.3 is 19.1 Å². The lowest BCUT2D eigenvalue weighted by Crippen LogP contribution is -2.41. The molecule has 26 heavy (non-hydrogen) atoms. The minimum atomic E-state index is -0.722. The third kappa shape index (κ3) is 7.33. The molecule has 148 valence electrons.